The Hall–Kier alpha value is -0.520. The molecule has 1 N–H and O–H groups in total. The van der Waals surface area contributed by atoms with E-state index in [1.807, 2.05) is 19.1 Å². The van der Waals surface area contributed by atoms with E-state index < -0.39 is 5.60 Å². The van der Waals surface area contributed by atoms with E-state index in [4.69, 9.17) is 0 Å². The minimum atomic E-state index is -0.614. The third-order valence-corrected chi connectivity index (χ3v) is 2.95. The van der Waals surface area contributed by atoms with Gasteiger partial charge in [-0.25, -0.2) is 0 Å². The smallest absolute Gasteiger partial charge is 0.0900 e. The van der Waals surface area contributed by atoms with Gasteiger partial charge in [-0.3, -0.25) is 0 Å². The van der Waals surface area contributed by atoms with E-state index >= 15 is 0 Å². The standard InChI is InChI=1S/C15H28O/c1-4-7-10-13-15(16,12-9-6-3)14-11-8-5-2/h6,12,16H,4-5,7-8,10-11,13-14H2,1-3H3. The van der Waals surface area contributed by atoms with Gasteiger partial charge in [-0.15, -0.1) is 5.73 Å². The van der Waals surface area contributed by atoms with Gasteiger partial charge in [0.05, 0.1) is 5.60 Å². The first-order valence-electron chi connectivity index (χ1n) is 6.79. The number of hydrogen-bond donors (Lipinski definition) is 1. The van der Waals surface area contributed by atoms with E-state index in [1.54, 1.807) is 0 Å². The van der Waals surface area contributed by atoms with Gasteiger partial charge in [-0.05, 0) is 31.9 Å². The van der Waals surface area contributed by atoms with E-state index in [0.717, 1.165) is 25.7 Å². The van der Waals surface area contributed by atoms with Crippen LogP contribution in [0.5, 0.6) is 0 Å². The van der Waals surface area contributed by atoms with Crippen molar-refractivity contribution in [1.29, 1.82) is 0 Å². The molecule has 0 saturated heterocycles. The predicted octanol–water partition coefficient (Wildman–Crippen LogP) is 4.61. The first kappa shape index (κ1) is 15.5. The fraction of sp³-hybridized carbons (Fsp3) is 0.800. The second kappa shape index (κ2) is 9.69. The summed E-state index contributed by atoms with van der Waals surface area (Å²) in [7, 11) is 0. The summed E-state index contributed by atoms with van der Waals surface area (Å²) in [6.07, 6.45) is 12.5. The van der Waals surface area contributed by atoms with Crippen molar-refractivity contribution in [3.8, 4) is 0 Å². The molecule has 0 aliphatic heterocycles. The molecule has 0 aromatic carbocycles. The maximum absolute atomic E-state index is 10.5. The van der Waals surface area contributed by atoms with Crippen LogP contribution in [0.2, 0.25) is 0 Å². The Kier molecular flexibility index (Phi) is 9.37. The van der Waals surface area contributed by atoms with Crippen molar-refractivity contribution in [2.45, 2.75) is 77.7 Å². The van der Waals surface area contributed by atoms with Crippen molar-refractivity contribution < 1.29 is 5.11 Å². The molecule has 0 radical (unpaired) electrons. The lowest BCUT2D eigenvalue weighted by molar-refractivity contribution is 0.0667. The van der Waals surface area contributed by atoms with Crippen LogP contribution < -0.4 is 0 Å². The first-order chi connectivity index (χ1) is 7.68. The largest absolute Gasteiger partial charge is 0.385 e. The van der Waals surface area contributed by atoms with E-state index in [0.29, 0.717) is 0 Å². The second-order valence-electron chi connectivity index (χ2n) is 4.62. The Morgan fingerprint density at radius 3 is 1.88 bits per heavy atom. The molecule has 0 heterocycles. The van der Waals surface area contributed by atoms with Gasteiger partial charge >= 0.3 is 0 Å². The average Bonchev–Trinajstić information content (AvgIpc) is 2.27. The number of rotatable bonds is 9. The molecular formula is C15H28O. The topological polar surface area (TPSA) is 20.2 Å². The van der Waals surface area contributed by atoms with Crippen LogP contribution in [-0.4, -0.2) is 10.7 Å². The molecule has 0 atom stereocenters. The number of aliphatic hydroxyl groups is 1. The van der Waals surface area contributed by atoms with Gasteiger partial charge in [0.1, 0.15) is 0 Å². The minimum absolute atomic E-state index is 0.614. The summed E-state index contributed by atoms with van der Waals surface area (Å²) in [6.45, 7) is 6.32. The van der Waals surface area contributed by atoms with Crippen LogP contribution in [0.15, 0.2) is 17.9 Å². The van der Waals surface area contributed by atoms with Crippen molar-refractivity contribution >= 4 is 0 Å². The molecule has 0 amide bonds. The highest BCUT2D eigenvalue weighted by atomic mass is 16.3. The highest BCUT2D eigenvalue weighted by Crippen LogP contribution is 2.23. The van der Waals surface area contributed by atoms with Crippen LogP contribution in [0.3, 0.4) is 0 Å². The molecule has 1 nitrogen and oxygen atoms in total. The molecule has 0 unspecified atom stereocenters. The Labute approximate surface area is 101 Å². The Morgan fingerprint density at radius 2 is 1.50 bits per heavy atom. The van der Waals surface area contributed by atoms with Gasteiger partial charge < -0.3 is 5.11 Å². The molecule has 0 rings (SSSR count). The SMILES string of the molecule is CC=C=CC(O)(CCCCC)CCCCC. The summed E-state index contributed by atoms with van der Waals surface area (Å²) >= 11 is 0. The molecule has 0 aliphatic rings. The Balaban J connectivity index is 4.18. The Morgan fingerprint density at radius 1 is 1.00 bits per heavy atom. The molecule has 16 heavy (non-hydrogen) atoms. The maximum atomic E-state index is 10.5. The maximum Gasteiger partial charge on any atom is 0.0900 e. The van der Waals surface area contributed by atoms with Crippen LogP contribution in [0.4, 0.5) is 0 Å². The van der Waals surface area contributed by atoms with E-state index in [9.17, 15) is 5.11 Å². The van der Waals surface area contributed by atoms with Gasteiger partial charge in [0, 0.05) is 0 Å². The normalized spacial score (nSPS) is 11.0. The zero-order chi connectivity index (χ0) is 12.3. The molecule has 1 heteroatoms. The van der Waals surface area contributed by atoms with Gasteiger partial charge in [-0.2, -0.15) is 0 Å². The fourth-order valence-corrected chi connectivity index (χ4v) is 1.87. The molecule has 0 aliphatic carbocycles. The molecule has 94 valence electrons. The molecular weight excluding hydrogens is 196 g/mol. The molecule has 0 saturated carbocycles. The first-order valence-corrected chi connectivity index (χ1v) is 6.79. The number of unbranched alkanes of at least 4 members (excludes halogenated alkanes) is 4. The van der Waals surface area contributed by atoms with Gasteiger partial charge in [0.2, 0.25) is 0 Å². The van der Waals surface area contributed by atoms with Crippen LogP contribution in [-0.2, 0) is 0 Å². The third-order valence-electron chi connectivity index (χ3n) is 2.95. The van der Waals surface area contributed by atoms with Crippen LogP contribution in [0, 0.1) is 0 Å². The minimum Gasteiger partial charge on any atom is -0.385 e. The zero-order valence-corrected chi connectivity index (χ0v) is 11.3. The van der Waals surface area contributed by atoms with Crippen LogP contribution >= 0.6 is 0 Å². The van der Waals surface area contributed by atoms with Gasteiger partial charge in [0.15, 0.2) is 0 Å². The second-order valence-corrected chi connectivity index (χ2v) is 4.62. The van der Waals surface area contributed by atoms with Gasteiger partial charge in [-0.1, -0.05) is 52.4 Å². The van der Waals surface area contributed by atoms with E-state index in [1.165, 1.54) is 25.7 Å². The lowest BCUT2D eigenvalue weighted by Gasteiger charge is -2.23. The molecule has 0 aromatic heterocycles. The van der Waals surface area contributed by atoms with Crippen molar-refractivity contribution in [3.05, 3.63) is 17.9 Å². The zero-order valence-electron chi connectivity index (χ0n) is 11.3. The fourth-order valence-electron chi connectivity index (χ4n) is 1.87. The van der Waals surface area contributed by atoms with Crippen molar-refractivity contribution in [2.75, 3.05) is 0 Å². The summed E-state index contributed by atoms with van der Waals surface area (Å²) < 4.78 is 0. The highest BCUT2D eigenvalue weighted by molar-refractivity contribution is 5.00. The van der Waals surface area contributed by atoms with Crippen LogP contribution in [0.1, 0.15) is 72.1 Å². The summed E-state index contributed by atoms with van der Waals surface area (Å²) in [6, 6.07) is 0. The van der Waals surface area contributed by atoms with E-state index in [2.05, 4.69) is 19.6 Å². The number of hydrogen-bond acceptors (Lipinski definition) is 1. The summed E-state index contributed by atoms with van der Waals surface area (Å²) in [5.74, 6) is 0. The molecule has 0 bridgehead atoms. The summed E-state index contributed by atoms with van der Waals surface area (Å²) in [5, 5.41) is 10.5. The van der Waals surface area contributed by atoms with Crippen LogP contribution in [0.25, 0.3) is 0 Å². The lowest BCUT2D eigenvalue weighted by atomic mass is 9.90. The lowest BCUT2D eigenvalue weighted by Crippen LogP contribution is -2.25. The third kappa shape index (κ3) is 7.73. The molecule has 0 fully saturated rings. The van der Waals surface area contributed by atoms with Crippen molar-refractivity contribution in [3.63, 3.8) is 0 Å². The average molecular weight is 224 g/mol. The monoisotopic (exact) mass is 224 g/mol. The molecule has 0 spiro atoms. The predicted molar refractivity (Wildman–Crippen MR) is 71.6 cm³/mol. The van der Waals surface area contributed by atoms with Gasteiger partial charge in [0.25, 0.3) is 0 Å². The quantitative estimate of drug-likeness (QED) is 0.448. The summed E-state index contributed by atoms with van der Waals surface area (Å²) in [4.78, 5) is 0. The highest BCUT2D eigenvalue weighted by Gasteiger charge is 2.21. The molecule has 0 aromatic rings. The van der Waals surface area contributed by atoms with Crippen molar-refractivity contribution in [1.82, 2.24) is 0 Å². The Bertz CT molecular complexity index is 201. The van der Waals surface area contributed by atoms with E-state index in [-0.39, 0.29) is 0 Å². The summed E-state index contributed by atoms with van der Waals surface area (Å²) in [5.41, 5.74) is 2.43. The van der Waals surface area contributed by atoms with Crippen molar-refractivity contribution in [2.24, 2.45) is 0 Å².